The minimum Gasteiger partial charge on any atom is -0.302 e. The number of benzene rings is 1. The zero-order valence-corrected chi connectivity index (χ0v) is 10.7. The normalized spacial score (nSPS) is 18.3. The minimum atomic E-state index is 0.538. The van der Waals surface area contributed by atoms with Crippen LogP contribution in [0.1, 0.15) is 24.4 Å². The van der Waals surface area contributed by atoms with E-state index in [4.69, 9.17) is 0 Å². The molecule has 0 amide bonds. The van der Waals surface area contributed by atoms with E-state index in [0.29, 0.717) is 6.04 Å². The topological polar surface area (TPSA) is 30.7 Å². The van der Waals surface area contributed by atoms with Crippen LogP contribution in [0, 0.1) is 0 Å². The van der Waals surface area contributed by atoms with Gasteiger partial charge in [0.1, 0.15) is 5.82 Å². The van der Waals surface area contributed by atoms with Crippen molar-refractivity contribution in [1.82, 2.24) is 14.8 Å². The van der Waals surface area contributed by atoms with Crippen LogP contribution in [0.15, 0.2) is 35.5 Å². The molecule has 0 N–H and O–H groups in total. The highest BCUT2D eigenvalue weighted by Gasteiger charge is 2.23. The van der Waals surface area contributed by atoms with Crippen LogP contribution < -0.4 is 0 Å². The number of hydrogen-bond donors (Lipinski definition) is 0. The summed E-state index contributed by atoms with van der Waals surface area (Å²) in [6.45, 7) is 2.23. The van der Waals surface area contributed by atoms with E-state index in [1.54, 1.807) is 0 Å². The molecule has 1 aliphatic heterocycles. The van der Waals surface area contributed by atoms with Gasteiger partial charge in [0.2, 0.25) is 0 Å². The zero-order chi connectivity index (χ0) is 11.7. The van der Waals surface area contributed by atoms with Crippen molar-refractivity contribution < 1.29 is 0 Å². The summed E-state index contributed by atoms with van der Waals surface area (Å²) in [6, 6.07) is 11.1. The summed E-state index contributed by atoms with van der Waals surface area (Å²) < 4.78 is 2.29. The summed E-state index contributed by atoms with van der Waals surface area (Å²) in [7, 11) is 0. The molecular formula is C13H15N3S. The third kappa shape index (κ3) is 2.09. The molecule has 1 aromatic carbocycles. The molecule has 0 saturated carbocycles. The summed E-state index contributed by atoms with van der Waals surface area (Å²) in [4.78, 5) is 0. The minimum absolute atomic E-state index is 0.538. The molecule has 3 nitrogen and oxygen atoms in total. The molecule has 2 aromatic rings. The Morgan fingerprint density at radius 2 is 2.06 bits per heavy atom. The summed E-state index contributed by atoms with van der Waals surface area (Å²) in [5.74, 6) is 2.25. The first-order valence-electron chi connectivity index (χ1n) is 5.95. The van der Waals surface area contributed by atoms with Gasteiger partial charge < -0.3 is 4.57 Å². The molecule has 2 heterocycles. The monoisotopic (exact) mass is 245 g/mol. The number of aryl methyl sites for hydroxylation is 2. The third-order valence-electron chi connectivity index (χ3n) is 3.11. The average molecular weight is 245 g/mol. The molecule has 1 aliphatic rings. The Kier molecular flexibility index (Phi) is 2.89. The Morgan fingerprint density at radius 3 is 2.88 bits per heavy atom. The summed E-state index contributed by atoms with van der Waals surface area (Å²) in [5, 5.41) is 9.61. The second kappa shape index (κ2) is 4.53. The highest BCUT2D eigenvalue weighted by molar-refractivity contribution is 7.99. The van der Waals surface area contributed by atoms with Gasteiger partial charge in [0.05, 0.1) is 0 Å². The van der Waals surface area contributed by atoms with Gasteiger partial charge in [-0.3, -0.25) is 0 Å². The molecule has 4 heteroatoms. The Labute approximate surface area is 105 Å². The lowest BCUT2D eigenvalue weighted by molar-refractivity contribution is 0.553. The van der Waals surface area contributed by atoms with Crippen LogP contribution in [-0.2, 0) is 12.8 Å². The number of nitrogens with zero attached hydrogens (tertiary/aromatic N) is 3. The fourth-order valence-electron chi connectivity index (χ4n) is 2.19. The second-order valence-corrected chi connectivity index (χ2v) is 5.40. The lowest BCUT2D eigenvalue weighted by atomic mass is 10.1. The highest BCUT2D eigenvalue weighted by Crippen LogP contribution is 2.32. The molecule has 0 radical (unpaired) electrons. The van der Waals surface area contributed by atoms with Crippen molar-refractivity contribution in [3.8, 4) is 0 Å². The van der Waals surface area contributed by atoms with Crippen molar-refractivity contribution in [2.75, 3.05) is 5.75 Å². The summed E-state index contributed by atoms with van der Waals surface area (Å²) in [5.41, 5.74) is 1.36. The van der Waals surface area contributed by atoms with Crippen molar-refractivity contribution in [3.05, 3.63) is 41.7 Å². The fourth-order valence-corrected chi connectivity index (χ4v) is 3.25. The molecule has 0 spiro atoms. The smallest absolute Gasteiger partial charge is 0.191 e. The van der Waals surface area contributed by atoms with E-state index in [-0.39, 0.29) is 0 Å². The molecule has 1 aromatic heterocycles. The maximum absolute atomic E-state index is 4.30. The highest BCUT2D eigenvalue weighted by atomic mass is 32.2. The molecule has 88 valence electrons. The molecule has 1 atom stereocenters. The van der Waals surface area contributed by atoms with Crippen LogP contribution in [0.2, 0.25) is 0 Å². The molecule has 3 rings (SSSR count). The van der Waals surface area contributed by atoms with Crippen LogP contribution in [-0.4, -0.2) is 20.5 Å². The summed E-state index contributed by atoms with van der Waals surface area (Å²) >= 11 is 1.81. The standard InChI is InChI=1S/C13H15N3S/c1-10-9-17-13-15-14-12(16(10)13)8-7-11-5-3-2-4-6-11/h2-6,10H,7-9H2,1H3/t10-/m1/s1. The Balaban J connectivity index is 1.74. The average Bonchev–Trinajstić information content (AvgIpc) is 2.92. The van der Waals surface area contributed by atoms with Gasteiger partial charge in [-0.05, 0) is 18.9 Å². The first-order chi connectivity index (χ1) is 8.34. The van der Waals surface area contributed by atoms with Crippen LogP contribution in [0.3, 0.4) is 0 Å². The predicted octanol–water partition coefficient (Wildman–Crippen LogP) is 2.73. The van der Waals surface area contributed by atoms with E-state index < -0.39 is 0 Å². The largest absolute Gasteiger partial charge is 0.302 e. The van der Waals surface area contributed by atoms with E-state index in [2.05, 4.69) is 52.0 Å². The first kappa shape index (κ1) is 10.8. The molecule has 0 bridgehead atoms. The van der Waals surface area contributed by atoms with E-state index in [1.807, 2.05) is 11.8 Å². The van der Waals surface area contributed by atoms with Gasteiger partial charge in [0.25, 0.3) is 0 Å². The van der Waals surface area contributed by atoms with Gasteiger partial charge >= 0.3 is 0 Å². The van der Waals surface area contributed by atoms with Gasteiger partial charge in [-0.1, -0.05) is 42.1 Å². The molecular weight excluding hydrogens is 230 g/mol. The SMILES string of the molecule is C[C@@H]1CSc2nnc(CCc3ccccc3)n21. The van der Waals surface area contributed by atoms with E-state index >= 15 is 0 Å². The van der Waals surface area contributed by atoms with E-state index in [9.17, 15) is 0 Å². The predicted molar refractivity (Wildman–Crippen MR) is 69.3 cm³/mol. The van der Waals surface area contributed by atoms with Crippen LogP contribution in [0.5, 0.6) is 0 Å². The Hall–Kier alpha value is -1.29. The maximum atomic E-state index is 4.30. The lowest BCUT2D eigenvalue weighted by Crippen LogP contribution is -2.08. The zero-order valence-electron chi connectivity index (χ0n) is 9.84. The van der Waals surface area contributed by atoms with Gasteiger partial charge in [-0.2, -0.15) is 0 Å². The van der Waals surface area contributed by atoms with Crippen LogP contribution >= 0.6 is 11.8 Å². The van der Waals surface area contributed by atoms with Crippen LogP contribution in [0.4, 0.5) is 0 Å². The number of hydrogen-bond acceptors (Lipinski definition) is 3. The van der Waals surface area contributed by atoms with Gasteiger partial charge in [-0.25, -0.2) is 0 Å². The Bertz CT molecular complexity index is 507. The van der Waals surface area contributed by atoms with E-state index in [0.717, 1.165) is 29.6 Å². The molecule has 0 fully saturated rings. The van der Waals surface area contributed by atoms with Crippen molar-refractivity contribution in [2.24, 2.45) is 0 Å². The first-order valence-corrected chi connectivity index (χ1v) is 6.93. The van der Waals surface area contributed by atoms with Crippen molar-refractivity contribution >= 4 is 11.8 Å². The van der Waals surface area contributed by atoms with Crippen molar-refractivity contribution in [1.29, 1.82) is 0 Å². The third-order valence-corrected chi connectivity index (χ3v) is 4.30. The number of rotatable bonds is 3. The van der Waals surface area contributed by atoms with Gasteiger partial charge in [-0.15, -0.1) is 10.2 Å². The molecule has 0 aliphatic carbocycles. The van der Waals surface area contributed by atoms with Gasteiger partial charge in [0, 0.05) is 18.2 Å². The van der Waals surface area contributed by atoms with Gasteiger partial charge in [0.15, 0.2) is 5.16 Å². The maximum Gasteiger partial charge on any atom is 0.191 e. The quantitative estimate of drug-likeness (QED) is 0.833. The molecule has 0 unspecified atom stereocenters. The Morgan fingerprint density at radius 1 is 1.24 bits per heavy atom. The number of aromatic nitrogens is 3. The molecule has 0 saturated heterocycles. The number of thioether (sulfide) groups is 1. The number of fused-ring (bicyclic) bond motifs is 1. The van der Waals surface area contributed by atoms with E-state index in [1.165, 1.54) is 5.56 Å². The molecule has 17 heavy (non-hydrogen) atoms. The summed E-state index contributed by atoms with van der Waals surface area (Å²) in [6.07, 6.45) is 2.01. The van der Waals surface area contributed by atoms with Crippen LogP contribution in [0.25, 0.3) is 0 Å². The second-order valence-electron chi connectivity index (χ2n) is 4.41. The lowest BCUT2D eigenvalue weighted by Gasteiger charge is -2.08. The van der Waals surface area contributed by atoms with Crippen molar-refractivity contribution in [2.45, 2.75) is 31.0 Å². The van der Waals surface area contributed by atoms with Crippen molar-refractivity contribution in [3.63, 3.8) is 0 Å². The fraction of sp³-hybridized carbons (Fsp3) is 0.385.